The van der Waals surface area contributed by atoms with Gasteiger partial charge < -0.3 is 15.1 Å². The van der Waals surface area contributed by atoms with Crippen molar-refractivity contribution in [1.29, 1.82) is 0 Å². The molecule has 3 atom stereocenters. The van der Waals surface area contributed by atoms with Crippen LogP contribution in [-0.4, -0.2) is 65.0 Å². The van der Waals surface area contributed by atoms with E-state index in [1.165, 1.54) is 12.3 Å². The van der Waals surface area contributed by atoms with E-state index in [0.717, 1.165) is 36.4 Å². The summed E-state index contributed by atoms with van der Waals surface area (Å²) in [5, 5.41) is 5.59. The number of amides is 2. The van der Waals surface area contributed by atoms with Crippen LogP contribution in [0.2, 0.25) is 0 Å². The number of sulfonamides is 1. The third kappa shape index (κ3) is 6.39. The number of pyridine rings is 2. The molecule has 224 valence electrons. The highest BCUT2D eigenvalue weighted by Gasteiger charge is 2.38. The van der Waals surface area contributed by atoms with Crippen LogP contribution >= 0.6 is 0 Å². The van der Waals surface area contributed by atoms with Gasteiger partial charge >= 0.3 is 0 Å². The van der Waals surface area contributed by atoms with Crippen LogP contribution in [0, 0.1) is 12.8 Å². The number of hydrogen-bond acceptors (Lipinski definition) is 8. The third-order valence-corrected chi connectivity index (χ3v) is 10.3. The Morgan fingerprint density at radius 3 is 2.52 bits per heavy atom. The SMILES string of the molecule is Cc1c(C(=O)N[C@@H](CC2CCCCC2)C(=O)NC2CC[C@@H](C)N(S(=O)(=O)c3ccccn3)CC2=O)oc2cccnc12. The Morgan fingerprint density at radius 1 is 1.05 bits per heavy atom. The third-order valence-electron chi connectivity index (χ3n) is 8.39. The molecule has 3 aromatic heterocycles. The Hall–Kier alpha value is -3.64. The van der Waals surface area contributed by atoms with Crippen LogP contribution in [0.25, 0.3) is 11.1 Å². The van der Waals surface area contributed by atoms with E-state index in [1.54, 1.807) is 44.3 Å². The monoisotopic (exact) mass is 595 g/mol. The molecule has 2 amide bonds. The Labute approximate surface area is 245 Å². The highest BCUT2D eigenvalue weighted by atomic mass is 32.2. The summed E-state index contributed by atoms with van der Waals surface area (Å²) >= 11 is 0. The summed E-state index contributed by atoms with van der Waals surface area (Å²) < 4.78 is 33.5. The normalized spacial score (nSPS) is 21.5. The van der Waals surface area contributed by atoms with Gasteiger partial charge in [-0.1, -0.05) is 38.2 Å². The smallest absolute Gasteiger partial charge is 0.288 e. The first kappa shape index (κ1) is 29.8. The van der Waals surface area contributed by atoms with Crippen molar-refractivity contribution in [3.63, 3.8) is 0 Å². The van der Waals surface area contributed by atoms with Crippen LogP contribution in [0.4, 0.5) is 0 Å². The number of fused-ring (bicyclic) bond motifs is 1. The molecule has 3 aromatic rings. The van der Waals surface area contributed by atoms with Gasteiger partial charge in [0.25, 0.3) is 15.9 Å². The van der Waals surface area contributed by atoms with Crippen molar-refractivity contribution in [2.24, 2.45) is 5.92 Å². The second kappa shape index (κ2) is 12.7. The van der Waals surface area contributed by atoms with Gasteiger partial charge in [0, 0.05) is 24.0 Å². The second-order valence-corrected chi connectivity index (χ2v) is 13.2. The van der Waals surface area contributed by atoms with Gasteiger partial charge in [-0.2, -0.15) is 4.31 Å². The molecule has 1 aliphatic carbocycles. The molecule has 2 fully saturated rings. The van der Waals surface area contributed by atoms with Crippen LogP contribution in [0.1, 0.15) is 74.4 Å². The molecule has 2 aliphatic rings. The second-order valence-electron chi connectivity index (χ2n) is 11.3. The van der Waals surface area contributed by atoms with Gasteiger partial charge in [0.2, 0.25) is 5.91 Å². The summed E-state index contributed by atoms with van der Waals surface area (Å²) in [6.45, 7) is 3.12. The largest absolute Gasteiger partial charge is 0.449 e. The van der Waals surface area contributed by atoms with E-state index in [2.05, 4.69) is 20.6 Å². The van der Waals surface area contributed by atoms with Gasteiger partial charge in [0.1, 0.15) is 11.6 Å². The Morgan fingerprint density at radius 2 is 1.81 bits per heavy atom. The maximum Gasteiger partial charge on any atom is 0.288 e. The Balaban J connectivity index is 1.32. The zero-order valence-corrected chi connectivity index (χ0v) is 24.7. The number of aryl methyl sites for hydroxylation is 1. The van der Waals surface area contributed by atoms with E-state index in [4.69, 9.17) is 4.42 Å². The number of furan rings is 1. The van der Waals surface area contributed by atoms with Gasteiger partial charge in [-0.25, -0.2) is 13.4 Å². The van der Waals surface area contributed by atoms with Crippen molar-refractivity contribution in [2.45, 2.75) is 88.4 Å². The Bertz CT molecular complexity index is 1550. The van der Waals surface area contributed by atoms with E-state index in [0.29, 0.717) is 29.5 Å². The highest BCUT2D eigenvalue weighted by Crippen LogP contribution is 2.29. The minimum absolute atomic E-state index is 0.0971. The quantitative estimate of drug-likeness (QED) is 0.401. The van der Waals surface area contributed by atoms with E-state index >= 15 is 0 Å². The molecule has 0 bridgehead atoms. The fraction of sp³-hybridized carbons (Fsp3) is 0.500. The Kier molecular flexibility index (Phi) is 9.02. The van der Waals surface area contributed by atoms with Gasteiger partial charge in [-0.05, 0) is 63.3 Å². The molecule has 4 heterocycles. The lowest BCUT2D eigenvalue weighted by Crippen LogP contribution is -2.53. The van der Waals surface area contributed by atoms with Crippen molar-refractivity contribution in [3.05, 3.63) is 54.0 Å². The van der Waals surface area contributed by atoms with Crippen molar-refractivity contribution >= 4 is 38.7 Å². The average molecular weight is 596 g/mol. The highest BCUT2D eigenvalue weighted by molar-refractivity contribution is 7.89. The summed E-state index contributed by atoms with van der Waals surface area (Å²) in [5.41, 5.74) is 1.65. The lowest BCUT2D eigenvalue weighted by molar-refractivity contribution is -0.129. The van der Waals surface area contributed by atoms with E-state index in [9.17, 15) is 22.8 Å². The standard InChI is InChI=1S/C30H37N5O6S/c1-19-13-14-22(24(36)18-35(19)42(39,40)26-12-6-7-15-31-26)33-29(37)23(17-21-9-4-3-5-10-21)34-30(38)28-20(2)27-25(41-28)11-8-16-32-27/h6-8,11-12,15-16,19,21-23H,3-5,9-10,13-14,17-18H2,1-2H3,(H,33,37)(H,34,38)/t19-,22?,23+/m1/s1. The molecule has 5 rings (SSSR count). The first-order chi connectivity index (χ1) is 20.1. The number of nitrogens with one attached hydrogen (secondary N) is 2. The molecular formula is C30H37N5O6S. The first-order valence-corrected chi connectivity index (χ1v) is 16.0. The van der Waals surface area contributed by atoms with E-state index < -0.39 is 45.7 Å². The molecule has 0 aromatic carbocycles. The topological polar surface area (TPSA) is 152 Å². The van der Waals surface area contributed by atoms with Crippen molar-refractivity contribution in [1.82, 2.24) is 24.9 Å². The maximum absolute atomic E-state index is 13.7. The van der Waals surface area contributed by atoms with Gasteiger partial charge in [0.05, 0.1) is 12.6 Å². The summed E-state index contributed by atoms with van der Waals surface area (Å²) in [5.74, 6) is -1.03. The number of ketones is 1. The number of hydrogen-bond donors (Lipinski definition) is 2. The van der Waals surface area contributed by atoms with Gasteiger partial charge in [0.15, 0.2) is 22.2 Å². The first-order valence-electron chi connectivity index (χ1n) is 14.6. The summed E-state index contributed by atoms with van der Waals surface area (Å²) in [6.07, 6.45) is 9.32. The molecule has 0 spiro atoms. The molecule has 11 nitrogen and oxygen atoms in total. The molecule has 1 saturated carbocycles. The summed E-state index contributed by atoms with van der Waals surface area (Å²) in [7, 11) is -4.00. The minimum Gasteiger partial charge on any atom is -0.449 e. The predicted molar refractivity (Wildman–Crippen MR) is 155 cm³/mol. The van der Waals surface area contributed by atoms with Crippen molar-refractivity contribution < 1.29 is 27.2 Å². The molecule has 1 unspecified atom stereocenters. The lowest BCUT2D eigenvalue weighted by atomic mass is 9.84. The number of carbonyl (C=O) groups is 3. The zero-order chi connectivity index (χ0) is 29.9. The van der Waals surface area contributed by atoms with Crippen molar-refractivity contribution in [2.75, 3.05) is 6.54 Å². The van der Waals surface area contributed by atoms with Crippen LogP contribution in [-0.2, 0) is 19.6 Å². The number of carbonyl (C=O) groups excluding carboxylic acids is 3. The van der Waals surface area contributed by atoms with E-state index in [-0.39, 0.29) is 29.7 Å². The number of aromatic nitrogens is 2. The zero-order valence-electron chi connectivity index (χ0n) is 23.9. The van der Waals surface area contributed by atoms with Crippen LogP contribution in [0.15, 0.2) is 52.2 Å². The molecule has 0 radical (unpaired) electrons. The molecular weight excluding hydrogens is 558 g/mol. The van der Waals surface area contributed by atoms with Crippen LogP contribution in [0.3, 0.4) is 0 Å². The molecule has 1 aliphatic heterocycles. The van der Waals surface area contributed by atoms with Crippen molar-refractivity contribution in [3.8, 4) is 0 Å². The molecule has 42 heavy (non-hydrogen) atoms. The summed E-state index contributed by atoms with van der Waals surface area (Å²) in [6, 6.07) is 5.82. The van der Waals surface area contributed by atoms with Crippen LogP contribution in [0.5, 0.6) is 0 Å². The number of Topliss-reactive ketones (excluding diaryl/α,β-unsaturated/α-hetero) is 1. The van der Waals surface area contributed by atoms with Crippen LogP contribution < -0.4 is 10.6 Å². The fourth-order valence-electron chi connectivity index (χ4n) is 5.98. The molecule has 2 N–H and O–H groups in total. The lowest BCUT2D eigenvalue weighted by Gasteiger charge is -2.27. The average Bonchev–Trinajstić information content (AvgIpc) is 3.26. The number of nitrogens with zero attached hydrogens (tertiary/aromatic N) is 3. The fourth-order valence-corrected chi connectivity index (χ4v) is 7.54. The molecule has 1 saturated heterocycles. The number of rotatable bonds is 8. The van der Waals surface area contributed by atoms with Gasteiger partial charge in [-0.3, -0.25) is 19.4 Å². The van der Waals surface area contributed by atoms with Gasteiger partial charge in [-0.15, -0.1) is 0 Å². The summed E-state index contributed by atoms with van der Waals surface area (Å²) in [4.78, 5) is 48.7. The minimum atomic E-state index is -4.00. The predicted octanol–water partition coefficient (Wildman–Crippen LogP) is 3.53. The maximum atomic E-state index is 13.7. The van der Waals surface area contributed by atoms with E-state index in [1.807, 2.05) is 0 Å². The molecule has 12 heteroatoms.